The molecule has 1 aromatic heterocycles. The van der Waals surface area contributed by atoms with Crippen molar-refractivity contribution in [2.75, 3.05) is 6.54 Å². The quantitative estimate of drug-likeness (QED) is 0.567. The third-order valence-electron chi connectivity index (χ3n) is 4.40. The van der Waals surface area contributed by atoms with E-state index in [9.17, 15) is 9.90 Å². The molecular weight excluding hydrogens is 346 g/mol. The number of carbonyl (C=O) groups is 1. The fourth-order valence-corrected chi connectivity index (χ4v) is 3.56. The molecule has 1 amide bonds. The third-order valence-corrected chi connectivity index (χ3v) is 4.96. The minimum Gasteiger partial charge on any atom is -0.388 e. The predicted octanol–water partition coefficient (Wildman–Crippen LogP) is 3.70. The fraction of sp³-hybridized carbons (Fsp3) is 0.150. The van der Waals surface area contributed by atoms with Gasteiger partial charge in [0, 0.05) is 12.1 Å². The first-order valence-corrected chi connectivity index (χ1v) is 9.11. The van der Waals surface area contributed by atoms with Crippen molar-refractivity contribution >= 4 is 39.4 Å². The second-order valence-electron chi connectivity index (χ2n) is 6.10. The summed E-state index contributed by atoms with van der Waals surface area (Å²) in [6, 6.07) is 19.1. The highest BCUT2D eigenvalue weighted by Gasteiger charge is 2.12. The van der Waals surface area contributed by atoms with Crippen molar-refractivity contribution in [2.24, 2.45) is 0 Å². The number of amides is 1. The summed E-state index contributed by atoms with van der Waals surface area (Å²) in [5.41, 5.74) is 2.94. The van der Waals surface area contributed by atoms with E-state index < -0.39 is 6.10 Å². The van der Waals surface area contributed by atoms with Crippen LogP contribution in [0.25, 0.3) is 21.8 Å². The fourth-order valence-electron chi connectivity index (χ4n) is 3.04. The van der Waals surface area contributed by atoms with Crippen LogP contribution in [0.4, 0.5) is 0 Å². The van der Waals surface area contributed by atoms with Crippen molar-refractivity contribution in [3.05, 3.63) is 71.8 Å². The summed E-state index contributed by atoms with van der Waals surface area (Å²) in [6.45, 7) is 0.385. The molecule has 1 heterocycles. The number of nitrogens with one attached hydrogen (secondary N) is 1. The maximum atomic E-state index is 12.3. The number of carbonyl (C=O) groups excluding carboxylic acids is 1. The average Bonchev–Trinajstić information content (AvgIpc) is 3.15. The van der Waals surface area contributed by atoms with Crippen LogP contribution in [0.15, 0.2) is 60.7 Å². The molecule has 0 spiro atoms. The second-order valence-corrected chi connectivity index (χ2v) is 6.62. The van der Waals surface area contributed by atoms with Crippen LogP contribution < -0.4 is 5.32 Å². The smallest absolute Gasteiger partial charge is 0.251 e. The van der Waals surface area contributed by atoms with Gasteiger partial charge in [0.25, 0.3) is 5.91 Å². The summed E-state index contributed by atoms with van der Waals surface area (Å²) >= 11 is 1.13. The zero-order valence-corrected chi connectivity index (χ0v) is 14.7. The number of hydrogen-bond donors (Lipinski definition) is 2. The Hall–Kier alpha value is -2.83. The minimum absolute atomic E-state index is 0.176. The lowest BCUT2D eigenvalue weighted by atomic mass is 9.99. The van der Waals surface area contributed by atoms with E-state index in [0.717, 1.165) is 39.1 Å². The highest BCUT2D eigenvalue weighted by Crippen LogP contribution is 2.25. The molecule has 1 unspecified atom stereocenters. The van der Waals surface area contributed by atoms with Gasteiger partial charge in [-0.15, -0.1) is 0 Å². The SMILES string of the molecule is O=C(NCCC(O)c1cccc2ccccc12)c1ccc2nsnc2c1. The Labute approximate surface area is 154 Å². The average molecular weight is 363 g/mol. The number of benzene rings is 3. The lowest BCUT2D eigenvalue weighted by Gasteiger charge is -2.14. The molecule has 2 N–H and O–H groups in total. The van der Waals surface area contributed by atoms with Crippen molar-refractivity contribution in [3.63, 3.8) is 0 Å². The monoisotopic (exact) mass is 363 g/mol. The summed E-state index contributed by atoms with van der Waals surface area (Å²) in [4.78, 5) is 12.3. The second kappa shape index (κ2) is 7.19. The normalized spacial score (nSPS) is 12.3. The van der Waals surface area contributed by atoms with Gasteiger partial charge in [0.15, 0.2) is 0 Å². The van der Waals surface area contributed by atoms with Gasteiger partial charge in [0.05, 0.1) is 17.8 Å². The van der Waals surface area contributed by atoms with Gasteiger partial charge in [-0.05, 0) is 41.0 Å². The molecular formula is C20H17N3O2S. The number of aliphatic hydroxyl groups is 1. The molecule has 4 aromatic rings. The first kappa shape index (κ1) is 16.6. The van der Waals surface area contributed by atoms with Gasteiger partial charge >= 0.3 is 0 Å². The summed E-state index contributed by atoms with van der Waals surface area (Å²) in [5.74, 6) is -0.176. The summed E-state index contributed by atoms with van der Waals surface area (Å²) in [7, 11) is 0. The van der Waals surface area contributed by atoms with Crippen LogP contribution >= 0.6 is 11.7 Å². The largest absolute Gasteiger partial charge is 0.388 e. The molecule has 4 rings (SSSR count). The summed E-state index contributed by atoms with van der Waals surface area (Å²) in [6.07, 6.45) is -0.188. The van der Waals surface area contributed by atoms with Crippen LogP contribution in [-0.2, 0) is 0 Å². The van der Waals surface area contributed by atoms with Gasteiger partial charge < -0.3 is 10.4 Å². The van der Waals surface area contributed by atoms with E-state index in [1.165, 1.54) is 0 Å². The topological polar surface area (TPSA) is 75.1 Å². The van der Waals surface area contributed by atoms with E-state index in [1.807, 2.05) is 42.5 Å². The van der Waals surface area contributed by atoms with Gasteiger partial charge in [-0.3, -0.25) is 4.79 Å². The Morgan fingerprint density at radius 1 is 1.04 bits per heavy atom. The van der Waals surface area contributed by atoms with E-state index in [1.54, 1.807) is 18.2 Å². The van der Waals surface area contributed by atoms with E-state index >= 15 is 0 Å². The van der Waals surface area contributed by atoms with Gasteiger partial charge in [-0.1, -0.05) is 42.5 Å². The lowest BCUT2D eigenvalue weighted by molar-refractivity contribution is 0.0943. The first-order chi connectivity index (χ1) is 12.7. The molecule has 0 aliphatic rings. The van der Waals surface area contributed by atoms with Crippen molar-refractivity contribution in [2.45, 2.75) is 12.5 Å². The van der Waals surface area contributed by atoms with E-state index in [4.69, 9.17) is 0 Å². The molecule has 1 atom stereocenters. The molecule has 0 aliphatic heterocycles. The molecule has 0 saturated carbocycles. The number of hydrogen-bond acceptors (Lipinski definition) is 5. The van der Waals surface area contributed by atoms with Gasteiger partial charge in [0.2, 0.25) is 0 Å². The van der Waals surface area contributed by atoms with Crippen LogP contribution in [0, 0.1) is 0 Å². The lowest BCUT2D eigenvalue weighted by Crippen LogP contribution is -2.25. The maximum Gasteiger partial charge on any atom is 0.251 e. The Kier molecular flexibility index (Phi) is 4.60. The molecule has 6 heteroatoms. The van der Waals surface area contributed by atoms with Crippen LogP contribution in [-0.4, -0.2) is 26.3 Å². The molecule has 0 radical (unpaired) electrons. The molecule has 3 aromatic carbocycles. The van der Waals surface area contributed by atoms with Crippen LogP contribution in [0.1, 0.15) is 28.4 Å². The number of fused-ring (bicyclic) bond motifs is 2. The Morgan fingerprint density at radius 2 is 1.85 bits per heavy atom. The van der Waals surface area contributed by atoms with Gasteiger partial charge in [-0.25, -0.2) is 0 Å². The standard InChI is InChI=1S/C20H17N3O2S/c24-19(16-7-3-5-13-4-1-2-6-15(13)16)10-11-21-20(25)14-8-9-17-18(12-14)23-26-22-17/h1-9,12,19,24H,10-11H2,(H,21,25). The summed E-state index contributed by atoms with van der Waals surface area (Å²) < 4.78 is 8.28. The van der Waals surface area contributed by atoms with Crippen molar-refractivity contribution in [3.8, 4) is 0 Å². The Bertz CT molecular complexity index is 1070. The van der Waals surface area contributed by atoms with Crippen LogP contribution in [0.5, 0.6) is 0 Å². The highest BCUT2D eigenvalue weighted by atomic mass is 32.1. The minimum atomic E-state index is -0.633. The highest BCUT2D eigenvalue weighted by molar-refractivity contribution is 7.00. The zero-order valence-electron chi connectivity index (χ0n) is 13.9. The number of rotatable bonds is 5. The molecule has 0 saturated heterocycles. The molecule has 0 bridgehead atoms. The van der Waals surface area contributed by atoms with Gasteiger partial charge in [0.1, 0.15) is 11.0 Å². The van der Waals surface area contributed by atoms with E-state index in [-0.39, 0.29) is 5.91 Å². The van der Waals surface area contributed by atoms with Crippen molar-refractivity contribution in [1.82, 2.24) is 14.1 Å². The molecule has 26 heavy (non-hydrogen) atoms. The number of nitrogens with zero attached hydrogens (tertiary/aromatic N) is 2. The van der Waals surface area contributed by atoms with E-state index in [2.05, 4.69) is 14.1 Å². The maximum absolute atomic E-state index is 12.3. The number of aliphatic hydroxyl groups excluding tert-OH is 1. The van der Waals surface area contributed by atoms with Crippen molar-refractivity contribution < 1.29 is 9.90 Å². The Morgan fingerprint density at radius 3 is 2.77 bits per heavy atom. The third kappa shape index (κ3) is 3.29. The number of aromatic nitrogens is 2. The molecule has 0 aliphatic carbocycles. The predicted molar refractivity (Wildman–Crippen MR) is 103 cm³/mol. The van der Waals surface area contributed by atoms with E-state index in [0.29, 0.717) is 18.5 Å². The van der Waals surface area contributed by atoms with Crippen LogP contribution in [0.2, 0.25) is 0 Å². The Balaban J connectivity index is 1.41. The molecule has 5 nitrogen and oxygen atoms in total. The van der Waals surface area contributed by atoms with Crippen molar-refractivity contribution in [1.29, 1.82) is 0 Å². The zero-order chi connectivity index (χ0) is 17.9. The van der Waals surface area contributed by atoms with Gasteiger partial charge in [-0.2, -0.15) is 8.75 Å². The summed E-state index contributed by atoms with van der Waals surface area (Å²) in [5, 5.41) is 15.5. The van der Waals surface area contributed by atoms with Crippen LogP contribution in [0.3, 0.4) is 0 Å². The first-order valence-electron chi connectivity index (χ1n) is 8.38. The molecule has 0 fully saturated rings. The molecule has 130 valence electrons.